The Kier molecular flexibility index (Phi) is 4.44. The number of fused-ring (bicyclic) bond motifs is 8. The number of nitrogens with zero attached hydrogens (tertiary/aromatic N) is 1. The lowest BCUT2D eigenvalue weighted by molar-refractivity contribution is 1.11. The molecule has 0 saturated heterocycles. The van der Waals surface area contributed by atoms with E-state index >= 15 is 0 Å². The molecule has 0 unspecified atom stereocenters. The number of allylic oxidation sites excluding steroid dienone is 1. The van der Waals surface area contributed by atoms with Crippen LogP contribution in [-0.2, 0) is 0 Å². The van der Waals surface area contributed by atoms with Gasteiger partial charge in [0.15, 0.2) is 0 Å². The monoisotopic (exact) mass is 522 g/mol. The van der Waals surface area contributed by atoms with Gasteiger partial charge in [-0.2, -0.15) is 0 Å². The summed E-state index contributed by atoms with van der Waals surface area (Å²) in [5, 5.41) is 14.3. The molecule has 0 fully saturated rings. The van der Waals surface area contributed by atoms with Crippen LogP contribution < -0.4 is 0 Å². The van der Waals surface area contributed by atoms with Crippen LogP contribution in [-0.4, -0.2) is 9.55 Å². The number of para-hydroxylation sites is 2. The first-order valence-corrected chi connectivity index (χ1v) is 14.2. The van der Waals surface area contributed by atoms with E-state index in [1.165, 1.54) is 81.4 Å². The Morgan fingerprint density at radius 1 is 0.585 bits per heavy atom. The summed E-state index contributed by atoms with van der Waals surface area (Å²) in [7, 11) is 0. The fourth-order valence-electron chi connectivity index (χ4n) is 7.40. The summed E-state index contributed by atoms with van der Waals surface area (Å²) in [5.74, 6) is 0. The zero-order chi connectivity index (χ0) is 27.2. The molecule has 2 heteroatoms. The third-order valence-corrected chi connectivity index (χ3v) is 8.92. The van der Waals surface area contributed by atoms with Crippen molar-refractivity contribution in [3.8, 4) is 5.69 Å². The number of rotatable bonds is 3. The lowest BCUT2D eigenvalue weighted by atomic mass is 9.87. The van der Waals surface area contributed by atoms with Gasteiger partial charge in [-0.05, 0) is 86.4 Å². The molecule has 0 bridgehead atoms. The number of benzene rings is 7. The van der Waals surface area contributed by atoms with Crippen molar-refractivity contribution in [3.05, 3.63) is 127 Å². The molecular weight excluding hydrogens is 496 g/mol. The topological polar surface area (TPSA) is 20.7 Å². The standard InChI is InChI=1S/C39H26N2/c1-3-12-27-34(4-2)41(23-13-6-5-7-14-23)35-22-31-30-21-33-38(26-15-8-9-20-32(26)40-33)28-18-10-16-24(36(28)30)25-17-11-19-29(37(25)31)39(27)35/h3-22,40H,2H2,1H3/b12-3-. The van der Waals surface area contributed by atoms with Crippen molar-refractivity contribution >= 4 is 88.0 Å². The predicted molar refractivity (Wildman–Crippen MR) is 179 cm³/mol. The van der Waals surface area contributed by atoms with E-state index in [-0.39, 0.29) is 0 Å². The quantitative estimate of drug-likeness (QED) is 0.176. The van der Waals surface area contributed by atoms with Gasteiger partial charge < -0.3 is 9.55 Å². The molecule has 2 heterocycles. The first kappa shape index (κ1) is 22.5. The molecule has 0 amide bonds. The highest BCUT2D eigenvalue weighted by Gasteiger charge is 2.22. The molecule has 9 rings (SSSR count). The van der Waals surface area contributed by atoms with Crippen molar-refractivity contribution in [1.82, 2.24) is 9.55 Å². The van der Waals surface area contributed by atoms with E-state index in [0.717, 1.165) is 11.4 Å². The SMILES string of the molecule is C=Cc1c(/C=C\C)c2c3cccc4c5cccc6c7c(cc(c(cc2n1-c1ccccc1)c43)c56)[nH]c1ccccc17. The molecule has 0 spiro atoms. The minimum atomic E-state index is 1.11. The summed E-state index contributed by atoms with van der Waals surface area (Å²) in [4.78, 5) is 3.73. The Hall–Kier alpha value is -5.34. The van der Waals surface area contributed by atoms with Crippen LogP contribution in [0.1, 0.15) is 18.2 Å². The average molecular weight is 523 g/mol. The zero-order valence-electron chi connectivity index (χ0n) is 22.7. The molecule has 0 aliphatic heterocycles. The Labute approximate surface area is 236 Å². The number of nitrogens with one attached hydrogen (secondary N) is 1. The second kappa shape index (κ2) is 8.09. The maximum absolute atomic E-state index is 4.27. The smallest absolute Gasteiger partial charge is 0.0553 e. The van der Waals surface area contributed by atoms with Crippen molar-refractivity contribution in [3.63, 3.8) is 0 Å². The Bertz CT molecular complexity index is 2540. The fourth-order valence-corrected chi connectivity index (χ4v) is 7.40. The Morgan fingerprint density at radius 3 is 1.95 bits per heavy atom. The van der Waals surface area contributed by atoms with Crippen molar-refractivity contribution in [1.29, 1.82) is 0 Å². The van der Waals surface area contributed by atoms with Crippen LogP contribution in [0.15, 0.2) is 116 Å². The second-order valence-electron chi connectivity index (χ2n) is 11.0. The second-order valence-corrected chi connectivity index (χ2v) is 11.0. The van der Waals surface area contributed by atoms with Crippen LogP contribution in [0.5, 0.6) is 0 Å². The molecule has 41 heavy (non-hydrogen) atoms. The number of H-pyrrole nitrogens is 1. The lowest BCUT2D eigenvalue weighted by Crippen LogP contribution is -1.96. The molecule has 0 aliphatic carbocycles. The van der Waals surface area contributed by atoms with Crippen LogP contribution in [0.4, 0.5) is 0 Å². The highest BCUT2D eigenvalue weighted by atomic mass is 15.0. The highest BCUT2D eigenvalue weighted by Crippen LogP contribution is 2.47. The van der Waals surface area contributed by atoms with E-state index in [9.17, 15) is 0 Å². The van der Waals surface area contributed by atoms with Crippen molar-refractivity contribution in [2.24, 2.45) is 0 Å². The van der Waals surface area contributed by atoms with Gasteiger partial charge >= 0.3 is 0 Å². The van der Waals surface area contributed by atoms with E-state index in [1.807, 2.05) is 6.08 Å². The highest BCUT2D eigenvalue weighted by molar-refractivity contribution is 6.40. The first-order chi connectivity index (χ1) is 20.3. The third kappa shape index (κ3) is 2.81. The van der Waals surface area contributed by atoms with Gasteiger partial charge in [0.25, 0.3) is 0 Å². The summed E-state index contributed by atoms with van der Waals surface area (Å²) < 4.78 is 2.37. The minimum absolute atomic E-state index is 1.11. The molecule has 2 aromatic heterocycles. The normalized spacial score (nSPS) is 12.5. The summed E-state index contributed by atoms with van der Waals surface area (Å²) in [6.07, 6.45) is 6.37. The van der Waals surface area contributed by atoms with Crippen LogP contribution in [0.2, 0.25) is 0 Å². The third-order valence-electron chi connectivity index (χ3n) is 8.92. The van der Waals surface area contributed by atoms with Crippen molar-refractivity contribution < 1.29 is 0 Å². The molecule has 7 aromatic carbocycles. The van der Waals surface area contributed by atoms with Crippen LogP contribution in [0.3, 0.4) is 0 Å². The molecule has 192 valence electrons. The summed E-state index contributed by atoms with van der Waals surface area (Å²) in [6.45, 7) is 6.36. The van der Waals surface area contributed by atoms with E-state index in [0.29, 0.717) is 0 Å². The summed E-state index contributed by atoms with van der Waals surface area (Å²) in [6, 6.07) is 37.7. The van der Waals surface area contributed by atoms with Crippen molar-refractivity contribution in [2.45, 2.75) is 6.92 Å². The molecular formula is C39H26N2. The average Bonchev–Trinajstić information content (AvgIpc) is 3.55. The van der Waals surface area contributed by atoms with Crippen molar-refractivity contribution in [2.75, 3.05) is 0 Å². The maximum atomic E-state index is 4.27. The predicted octanol–water partition coefficient (Wildman–Crippen LogP) is 11.0. The van der Waals surface area contributed by atoms with Gasteiger partial charge in [-0.15, -0.1) is 0 Å². The first-order valence-electron chi connectivity index (χ1n) is 14.2. The van der Waals surface area contributed by atoms with E-state index in [4.69, 9.17) is 0 Å². The molecule has 0 radical (unpaired) electrons. The lowest BCUT2D eigenvalue weighted by Gasteiger charge is -2.17. The summed E-state index contributed by atoms with van der Waals surface area (Å²) >= 11 is 0. The molecule has 0 atom stereocenters. The zero-order valence-corrected chi connectivity index (χ0v) is 22.7. The van der Waals surface area contributed by atoms with E-state index in [1.54, 1.807) is 0 Å². The Morgan fingerprint density at radius 2 is 1.22 bits per heavy atom. The summed E-state index contributed by atoms with van der Waals surface area (Å²) in [5.41, 5.74) is 7.01. The Balaban J connectivity index is 1.60. The van der Waals surface area contributed by atoms with Crippen LogP contribution >= 0.6 is 0 Å². The van der Waals surface area contributed by atoms with Crippen LogP contribution in [0.25, 0.3) is 93.6 Å². The number of hydrogen-bond acceptors (Lipinski definition) is 0. The maximum Gasteiger partial charge on any atom is 0.0553 e. The number of aromatic nitrogens is 2. The molecule has 9 aromatic rings. The number of hydrogen-bond donors (Lipinski definition) is 1. The molecule has 0 saturated carbocycles. The van der Waals surface area contributed by atoms with E-state index < -0.39 is 0 Å². The minimum Gasteiger partial charge on any atom is -0.354 e. The number of aromatic amines is 1. The molecule has 1 N–H and O–H groups in total. The molecule has 2 nitrogen and oxygen atoms in total. The molecule has 0 aliphatic rings. The van der Waals surface area contributed by atoms with Gasteiger partial charge in [-0.1, -0.05) is 91.5 Å². The van der Waals surface area contributed by atoms with E-state index in [2.05, 4.69) is 138 Å². The van der Waals surface area contributed by atoms with Crippen LogP contribution in [0, 0.1) is 0 Å². The fraction of sp³-hybridized carbons (Fsp3) is 0.0256. The van der Waals surface area contributed by atoms with Gasteiger partial charge in [0, 0.05) is 38.4 Å². The van der Waals surface area contributed by atoms with Gasteiger partial charge in [0.1, 0.15) is 0 Å². The van der Waals surface area contributed by atoms with Gasteiger partial charge in [-0.25, -0.2) is 0 Å². The largest absolute Gasteiger partial charge is 0.354 e. The van der Waals surface area contributed by atoms with Gasteiger partial charge in [-0.3, -0.25) is 0 Å². The van der Waals surface area contributed by atoms with Gasteiger partial charge in [0.05, 0.1) is 11.2 Å². The van der Waals surface area contributed by atoms with Gasteiger partial charge in [0.2, 0.25) is 0 Å².